The minimum absolute atomic E-state index is 0.0245. The maximum absolute atomic E-state index is 12.8. The first-order valence-corrected chi connectivity index (χ1v) is 9.23. The van der Waals surface area contributed by atoms with Crippen molar-refractivity contribution in [3.8, 4) is 16.9 Å². The van der Waals surface area contributed by atoms with Gasteiger partial charge in [-0.15, -0.1) is 0 Å². The zero-order chi connectivity index (χ0) is 20.1. The van der Waals surface area contributed by atoms with E-state index in [4.69, 9.17) is 21.1 Å². The van der Waals surface area contributed by atoms with Crippen LogP contribution in [-0.4, -0.2) is 34.9 Å². The molecule has 0 aliphatic heterocycles. The summed E-state index contributed by atoms with van der Waals surface area (Å²) in [5.74, 6) is -1.29. The Balaban J connectivity index is 2.30. The zero-order valence-corrected chi connectivity index (χ0v) is 16.3. The maximum Gasteiger partial charge on any atom is 0.357 e. The number of nitrogens with zero attached hydrogens (tertiary/aromatic N) is 2. The molecule has 0 atom stereocenters. The van der Waals surface area contributed by atoms with E-state index in [0.717, 1.165) is 0 Å². The lowest BCUT2D eigenvalue weighted by molar-refractivity contribution is 0.0473. The fourth-order valence-electron chi connectivity index (χ4n) is 2.77. The molecule has 0 aliphatic carbocycles. The zero-order valence-electron chi connectivity index (χ0n) is 15.5. The Bertz CT molecular complexity index is 982. The summed E-state index contributed by atoms with van der Waals surface area (Å²) in [6, 6.07) is 15.9. The van der Waals surface area contributed by atoms with Crippen molar-refractivity contribution in [3.63, 3.8) is 0 Å². The highest BCUT2D eigenvalue weighted by molar-refractivity contribution is 6.30. The quantitative estimate of drug-likeness (QED) is 0.570. The predicted octanol–water partition coefficient (Wildman–Crippen LogP) is 4.55. The number of para-hydroxylation sites is 1. The van der Waals surface area contributed by atoms with Crippen molar-refractivity contribution in [2.45, 2.75) is 13.8 Å². The van der Waals surface area contributed by atoms with E-state index in [0.29, 0.717) is 22.0 Å². The number of esters is 2. The van der Waals surface area contributed by atoms with E-state index in [1.54, 1.807) is 50.2 Å². The minimum Gasteiger partial charge on any atom is -0.462 e. The van der Waals surface area contributed by atoms with Crippen LogP contribution in [0.25, 0.3) is 16.9 Å². The van der Waals surface area contributed by atoms with Crippen molar-refractivity contribution in [1.82, 2.24) is 9.78 Å². The van der Waals surface area contributed by atoms with Crippen LogP contribution in [-0.2, 0) is 9.47 Å². The maximum atomic E-state index is 12.8. The largest absolute Gasteiger partial charge is 0.462 e. The second-order valence-electron chi connectivity index (χ2n) is 5.77. The van der Waals surface area contributed by atoms with Crippen molar-refractivity contribution in [2.24, 2.45) is 0 Å². The Morgan fingerprint density at radius 2 is 1.54 bits per heavy atom. The third-order valence-corrected chi connectivity index (χ3v) is 4.20. The average molecular weight is 399 g/mol. The summed E-state index contributed by atoms with van der Waals surface area (Å²) in [7, 11) is 0. The van der Waals surface area contributed by atoms with Gasteiger partial charge in [0.05, 0.1) is 18.9 Å². The third-order valence-electron chi connectivity index (χ3n) is 3.95. The van der Waals surface area contributed by atoms with Crippen LogP contribution >= 0.6 is 11.6 Å². The summed E-state index contributed by atoms with van der Waals surface area (Å²) < 4.78 is 11.8. The number of hydrogen-bond donors (Lipinski definition) is 0. The van der Waals surface area contributed by atoms with Crippen LogP contribution in [0.3, 0.4) is 0 Å². The Labute approximate surface area is 167 Å². The van der Waals surface area contributed by atoms with Crippen molar-refractivity contribution in [3.05, 3.63) is 70.9 Å². The molecular formula is C21H19ClN2O4. The van der Waals surface area contributed by atoms with Crippen LogP contribution in [0.1, 0.15) is 34.7 Å². The van der Waals surface area contributed by atoms with E-state index in [1.807, 2.05) is 18.2 Å². The molecule has 6 nitrogen and oxygen atoms in total. The van der Waals surface area contributed by atoms with Gasteiger partial charge >= 0.3 is 11.9 Å². The first-order valence-electron chi connectivity index (χ1n) is 8.85. The van der Waals surface area contributed by atoms with Gasteiger partial charge in [0.15, 0.2) is 5.69 Å². The number of aromatic nitrogens is 2. The minimum atomic E-state index is -0.651. The van der Waals surface area contributed by atoms with E-state index in [-0.39, 0.29) is 24.5 Å². The summed E-state index contributed by atoms with van der Waals surface area (Å²) in [5, 5.41) is 5.11. The SMILES string of the molecule is CCOC(=O)c1c(-c2ccc(Cl)cc2)nn(-c2ccccc2)c1C(=O)OCC. The van der Waals surface area contributed by atoms with Gasteiger partial charge in [0.25, 0.3) is 0 Å². The molecule has 1 heterocycles. The second kappa shape index (κ2) is 8.71. The number of benzene rings is 2. The molecule has 144 valence electrons. The third kappa shape index (κ3) is 3.92. The van der Waals surface area contributed by atoms with Crippen LogP contribution in [0.5, 0.6) is 0 Å². The molecule has 0 N–H and O–H groups in total. The lowest BCUT2D eigenvalue weighted by atomic mass is 10.1. The molecule has 0 unspecified atom stereocenters. The van der Waals surface area contributed by atoms with Gasteiger partial charge in [-0.2, -0.15) is 5.10 Å². The Hall–Kier alpha value is -3.12. The molecule has 28 heavy (non-hydrogen) atoms. The first kappa shape index (κ1) is 19.6. The van der Waals surface area contributed by atoms with Crippen molar-refractivity contribution >= 4 is 23.5 Å². The van der Waals surface area contributed by atoms with Crippen molar-refractivity contribution in [1.29, 1.82) is 0 Å². The molecule has 3 aromatic rings. The monoisotopic (exact) mass is 398 g/mol. The van der Waals surface area contributed by atoms with Crippen molar-refractivity contribution < 1.29 is 19.1 Å². The van der Waals surface area contributed by atoms with Gasteiger partial charge in [-0.25, -0.2) is 14.3 Å². The van der Waals surface area contributed by atoms with E-state index < -0.39 is 11.9 Å². The average Bonchev–Trinajstić information content (AvgIpc) is 3.10. The van der Waals surface area contributed by atoms with Gasteiger partial charge in [0.1, 0.15) is 11.3 Å². The molecule has 0 bridgehead atoms. The van der Waals surface area contributed by atoms with E-state index >= 15 is 0 Å². The standard InChI is InChI=1S/C21H19ClN2O4/c1-3-27-20(25)17-18(14-10-12-15(22)13-11-14)23-24(16-8-6-5-7-9-16)19(17)21(26)28-4-2/h5-13H,3-4H2,1-2H3. The summed E-state index contributed by atoms with van der Waals surface area (Å²) in [6.45, 7) is 3.73. The number of carbonyl (C=O) groups is 2. The van der Waals surface area contributed by atoms with Gasteiger partial charge < -0.3 is 9.47 Å². The van der Waals surface area contributed by atoms with Crippen LogP contribution in [0, 0.1) is 0 Å². The second-order valence-corrected chi connectivity index (χ2v) is 6.20. The summed E-state index contributed by atoms with van der Waals surface area (Å²) >= 11 is 5.98. The Morgan fingerprint density at radius 1 is 0.929 bits per heavy atom. The highest BCUT2D eigenvalue weighted by Crippen LogP contribution is 2.30. The summed E-state index contributed by atoms with van der Waals surface area (Å²) in [5.41, 5.74) is 1.66. The molecular weight excluding hydrogens is 380 g/mol. The molecule has 0 saturated carbocycles. The molecule has 1 aromatic heterocycles. The molecule has 0 aliphatic rings. The fraction of sp³-hybridized carbons (Fsp3) is 0.190. The lowest BCUT2D eigenvalue weighted by Crippen LogP contribution is -2.17. The number of hydrogen-bond acceptors (Lipinski definition) is 5. The normalized spacial score (nSPS) is 10.5. The smallest absolute Gasteiger partial charge is 0.357 e. The molecule has 0 radical (unpaired) electrons. The number of ether oxygens (including phenoxy) is 2. The number of halogens is 1. The van der Waals surface area contributed by atoms with Gasteiger partial charge in [0.2, 0.25) is 0 Å². The van der Waals surface area contributed by atoms with Gasteiger partial charge in [-0.3, -0.25) is 0 Å². The van der Waals surface area contributed by atoms with Crippen LogP contribution in [0.4, 0.5) is 0 Å². The van der Waals surface area contributed by atoms with Gasteiger partial charge in [-0.1, -0.05) is 41.9 Å². The van der Waals surface area contributed by atoms with Crippen LogP contribution in [0.15, 0.2) is 54.6 Å². The predicted molar refractivity (Wildman–Crippen MR) is 106 cm³/mol. The van der Waals surface area contributed by atoms with E-state index in [9.17, 15) is 9.59 Å². The number of carbonyl (C=O) groups excluding carboxylic acids is 2. The van der Waals surface area contributed by atoms with Crippen molar-refractivity contribution in [2.75, 3.05) is 13.2 Å². The Kier molecular flexibility index (Phi) is 6.11. The highest BCUT2D eigenvalue weighted by Gasteiger charge is 2.31. The van der Waals surface area contributed by atoms with E-state index in [2.05, 4.69) is 5.10 Å². The Morgan fingerprint density at radius 3 is 2.14 bits per heavy atom. The topological polar surface area (TPSA) is 70.4 Å². The molecule has 2 aromatic carbocycles. The first-order chi connectivity index (χ1) is 13.6. The van der Waals surface area contributed by atoms with Crippen LogP contribution < -0.4 is 0 Å². The van der Waals surface area contributed by atoms with E-state index in [1.165, 1.54) is 4.68 Å². The van der Waals surface area contributed by atoms with Gasteiger partial charge in [0, 0.05) is 10.6 Å². The van der Waals surface area contributed by atoms with Gasteiger partial charge in [-0.05, 0) is 38.1 Å². The molecule has 0 fully saturated rings. The summed E-state index contributed by atoms with van der Waals surface area (Å²) in [6.07, 6.45) is 0. The highest BCUT2D eigenvalue weighted by atomic mass is 35.5. The molecule has 7 heteroatoms. The number of rotatable bonds is 6. The van der Waals surface area contributed by atoms with Crippen LogP contribution in [0.2, 0.25) is 5.02 Å². The summed E-state index contributed by atoms with van der Waals surface area (Å²) in [4.78, 5) is 25.5. The molecule has 3 rings (SSSR count). The lowest BCUT2D eigenvalue weighted by Gasteiger charge is -2.08. The molecule has 0 saturated heterocycles. The fourth-order valence-corrected chi connectivity index (χ4v) is 2.89. The molecule has 0 spiro atoms. The molecule has 0 amide bonds.